The van der Waals surface area contributed by atoms with Crippen molar-refractivity contribution in [1.29, 1.82) is 0 Å². The maximum Gasteiger partial charge on any atom is 0.293 e. The Labute approximate surface area is 225 Å². The van der Waals surface area contributed by atoms with E-state index in [-0.39, 0.29) is 16.9 Å². The molecule has 39 heavy (non-hydrogen) atoms. The van der Waals surface area contributed by atoms with Crippen LogP contribution in [-0.4, -0.2) is 54.4 Å². The molecule has 2 aromatic heterocycles. The number of ether oxygens (including phenoxy) is 2. The number of H-pyrrole nitrogens is 1. The Morgan fingerprint density at radius 3 is 2.74 bits per heavy atom. The van der Waals surface area contributed by atoms with Gasteiger partial charge in [-0.2, -0.15) is 0 Å². The number of amides is 1. The molecule has 0 radical (unpaired) electrons. The average Bonchev–Trinajstić information content (AvgIpc) is 3.35. The van der Waals surface area contributed by atoms with Gasteiger partial charge in [0.25, 0.3) is 5.69 Å². The van der Waals surface area contributed by atoms with E-state index in [1.807, 2.05) is 13.8 Å². The van der Waals surface area contributed by atoms with Crippen molar-refractivity contribution in [2.45, 2.75) is 23.7 Å². The van der Waals surface area contributed by atoms with E-state index in [1.54, 1.807) is 25.4 Å². The molecule has 2 atom stereocenters. The zero-order chi connectivity index (χ0) is 28.4. The summed E-state index contributed by atoms with van der Waals surface area (Å²) >= 11 is 0. The molecule has 4 N–H and O–H groups in total. The SMILES string of the molecule is COCC(C)(C)CNc1ccc(S(=O)(=O)C2(Oc3cnc4[nH]ccc4c3)C=CC=CC2C(N)=O)cc1[N+](=O)[O-]. The van der Waals surface area contributed by atoms with Gasteiger partial charge in [0.1, 0.15) is 23.0 Å². The van der Waals surface area contributed by atoms with Gasteiger partial charge in [-0.1, -0.05) is 32.1 Å². The van der Waals surface area contributed by atoms with E-state index >= 15 is 0 Å². The zero-order valence-electron chi connectivity index (χ0n) is 21.6. The van der Waals surface area contributed by atoms with Gasteiger partial charge in [0.15, 0.2) is 0 Å². The minimum Gasteiger partial charge on any atom is -0.464 e. The van der Waals surface area contributed by atoms with Gasteiger partial charge < -0.3 is 25.5 Å². The van der Waals surface area contributed by atoms with Crippen molar-refractivity contribution in [1.82, 2.24) is 9.97 Å². The summed E-state index contributed by atoms with van der Waals surface area (Å²) in [5.41, 5.74) is 5.51. The molecule has 1 aromatic carbocycles. The molecule has 2 heterocycles. The van der Waals surface area contributed by atoms with Crippen molar-refractivity contribution in [2.24, 2.45) is 17.1 Å². The van der Waals surface area contributed by atoms with Gasteiger partial charge in [-0.05, 0) is 30.3 Å². The normalized spacial score (nSPS) is 19.2. The van der Waals surface area contributed by atoms with E-state index < -0.39 is 42.1 Å². The third kappa shape index (κ3) is 5.36. The number of aromatic nitrogens is 2. The van der Waals surface area contributed by atoms with Gasteiger partial charge in [0, 0.05) is 36.7 Å². The van der Waals surface area contributed by atoms with Crippen molar-refractivity contribution in [3.8, 4) is 5.75 Å². The van der Waals surface area contributed by atoms with Crippen molar-refractivity contribution >= 4 is 38.2 Å². The predicted octanol–water partition coefficient (Wildman–Crippen LogP) is 3.33. The van der Waals surface area contributed by atoms with Crippen LogP contribution >= 0.6 is 0 Å². The van der Waals surface area contributed by atoms with Crippen LogP contribution in [0.15, 0.2) is 71.9 Å². The number of rotatable bonds is 11. The molecule has 13 heteroatoms. The highest BCUT2D eigenvalue weighted by atomic mass is 32.2. The number of anilines is 1. The number of nitrogens with two attached hydrogens (primary N) is 1. The third-order valence-corrected chi connectivity index (χ3v) is 8.51. The molecule has 0 fully saturated rings. The number of nitro benzene ring substituents is 1. The van der Waals surface area contributed by atoms with Crippen molar-refractivity contribution in [3.05, 3.63) is 77.1 Å². The number of hydrogen-bond acceptors (Lipinski definition) is 9. The molecule has 12 nitrogen and oxygen atoms in total. The van der Waals surface area contributed by atoms with Crippen LogP contribution in [0.1, 0.15) is 13.8 Å². The number of pyridine rings is 1. The summed E-state index contributed by atoms with van der Waals surface area (Å²) < 4.78 is 39.7. The number of benzene rings is 1. The minimum absolute atomic E-state index is 0.0602. The van der Waals surface area contributed by atoms with Crippen molar-refractivity contribution < 1.29 is 27.6 Å². The van der Waals surface area contributed by atoms with Gasteiger partial charge in [0.05, 0.1) is 22.6 Å². The van der Waals surface area contributed by atoms with E-state index in [0.717, 1.165) is 6.07 Å². The van der Waals surface area contributed by atoms with Gasteiger partial charge in [-0.15, -0.1) is 0 Å². The van der Waals surface area contributed by atoms with Crippen LogP contribution in [0.4, 0.5) is 11.4 Å². The van der Waals surface area contributed by atoms with Gasteiger partial charge in [-0.25, -0.2) is 13.4 Å². The summed E-state index contributed by atoms with van der Waals surface area (Å²) in [6.07, 6.45) is 8.42. The second-order valence-corrected chi connectivity index (χ2v) is 12.0. The van der Waals surface area contributed by atoms with Crippen LogP contribution in [0.25, 0.3) is 11.0 Å². The number of allylic oxidation sites excluding steroid dienone is 2. The Bertz CT molecular complexity index is 1580. The molecule has 206 valence electrons. The van der Waals surface area contributed by atoms with Crippen LogP contribution in [0.2, 0.25) is 0 Å². The standard InChI is InChI=1S/C26H29N5O7S/c1-25(2,16-37-3)15-30-21-8-7-19(13-22(21)31(33)34)39(35,36)26(10-5-4-6-20(26)23(27)32)38-18-12-17-9-11-28-24(17)29-14-18/h4-14,20,30H,15-16H2,1-3H3,(H2,27,32)(H,28,29). The number of nitro groups is 1. The molecular formula is C26H29N5O7S. The van der Waals surface area contributed by atoms with E-state index in [9.17, 15) is 23.3 Å². The van der Waals surface area contributed by atoms with E-state index in [0.29, 0.717) is 24.2 Å². The van der Waals surface area contributed by atoms with E-state index in [1.165, 1.54) is 42.6 Å². The lowest BCUT2D eigenvalue weighted by Gasteiger charge is -2.36. The molecule has 1 aliphatic carbocycles. The highest BCUT2D eigenvalue weighted by molar-refractivity contribution is 7.93. The molecule has 0 saturated carbocycles. The largest absolute Gasteiger partial charge is 0.464 e. The molecule has 1 aliphatic rings. The van der Waals surface area contributed by atoms with Crippen molar-refractivity contribution in [2.75, 3.05) is 25.6 Å². The number of methoxy groups -OCH3 is 1. The van der Waals surface area contributed by atoms with Crippen LogP contribution in [0.3, 0.4) is 0 Å². The Hall–Kier alpha value is -4.23. The number of carbonyl (C=O) groups excluding carboxylic acids is 1. The topological polar surface area (TPSA) is 180 Å². The highest BCUT2D eigenvalue weighted by Crippen LogP contribution is 2.41. The van der Waals surface area contributed by atoms with Gasteiger partial charge in [0.2, 0.25) is 20.7 Å². The molecule has 2 unspecified atom stereocenters. The Balaban J connectivity index is 1.80. The fourth-order valence-corrected chi connectivity index (χ4v) is 6.28. The second kappa shape index (κ2) is 10.5. The number of aromatic amines is 1. The maximum absolute atomic E-state index is 14.2. The number of hydrogen-bond donors (Lipinski definition) is 3. The summed E-state index contributed by atoms with van der Waals surface area (Å²) in [5.74, 6) is -2.34. The molecule has 0 saturated heterocycles. The number of nitrogens with zero attached hydrogens (tertiary/aromatic N) is 2. The molecule has 4 rings (SSSR count). The quantitative estimate of drug-likeness (QED) is 0.236. The molecule has 0 spiro atoms. The van der Waals surface area contributed by atoms with Crippen LogP contribution in [-0.2, 0) is 19.4 Å². The lowest BCUT2D eigenvalue weighted by molar-refractivity contribution is -0.384. The summed E-state index contributed by atoms with van der Waals surface area (Å²) in [6.45, 7) is 4.56. The lowest BCUT2D eigenvalue weighted by Crippen LogP contribution is -2.53. The molecule has 3 aromatic rings. The lowest BCUT2D eigenvalue weighted by atomic mass is 9.95. The summed E-state index contributed by atoms with van der Waals surface area (Å²) in [5, 5.41) is 15.6. The Morgan fingerprint density at radius 2 is 2.05 bits per heavy atom. The van der Waals surface area contributed by atoms with Crippen LogP contribution in [0.5, 0.6) is 5.75 Å². The molecule has 1 amide bonds. The second-order valence-electron chi connectivity index (χ2n) is 9.92. The smallest absolute Gasteiger partial charge is 0.293 e. The fraction of sp³-hybridized carbons (Fsp3) is 0.308. The first kappa shape index (κ1) is 27.8. The van der Waals surface area contributed by atoms with Crippen LogP contribution < -0.4 is 15.8 Å². The first-order valence-corrected chi connectivity index (χ1v) is 13.4. The molecule has 0 bridgehead atoms. The molecular weight excluding hydrogens is 526 g/mol. The number of carbonyl (C=O) groups is 1. The highest BCUT2D eigenvalue weighted by Gasteiger charge is 2.54. The van der Waals surface area contributed by atoms with Gasteiger partial charge >= 0.3 is 0 Å². The Kier molecular flexibility index (Phi) is 7.48. The first-order valence-electron chi connectivity index (χ1n) is 11.9. The minimum atomic E-state index is -4.63. The zero-order valence-corrected chi connectivity index (χ0v) is 22.4. The number of primary amides is 1. The predicted molar refractivity (Wildman–Crippen MR) is 145 cm³/mol. The van der Waals surface area contributed by atoms with Gasteiger partial charge in [-0.3, -0.25) is 14.9 Å². The first-order chi connectivity index (χ1) is 18.4. The molecule has 0 aliphatic heterocycles. The Morgan fingerprint density at radius 1 is 1.28 bits per heavy atom. The fourth-order valence-electron chi connectivity index (χ4n) is 4.40. The number of fused-ring (bicyclic) bond motifs is 1. The van der Waals surface area contributed by atoms with Crippen LogP contribution in [0, 0.1) is 21.4 Å². The van der Waals surface area contributed by atoms with E-state index in [4.69, 9.17) is 15.2 Å². The maximum atomic E-state index is 14.2. The van der Waals surface area contributed by atoms with E-state index in [2.05, 4.69) is 15.3 Å². The summed E-state index contributed by atoms with van der Waals surface area (Å²) in [7, 11) is -3.07. The number of nitrogens with one attached hydrogen (secondary N) is 2. The summed E-state index contributed by atoms with van der Waals surface area (Å²) in [6, 6.07) is 6.79. The third-order valence-electron chi connectivity index (χ3n) is 6.32. The number of sulfone groups is 1. The summed E-state index contributed by atoms with van der Waals surface area (Å²) in [4.78, 5) is 28.2. The monoisotopic (exact) mass is 555 g/mol. The average molecular weight is 556 g/mol. The van der Waals surface area contributed by atoms with Crippen molar-refractivity contribution in [3.63, 3.8) is 0 Å².